The fraction of sp³-hybridized carbons (Fsp3) is 0.385. The third kappa shape index (κ3) is 3.88. The van der Waals surface area contributed by atoms with Crippen LogP contribution in [-0.4, -0.2) is 29.7 Å². The molecule has 20 heavy (non-hydrogen) atoms. The number of nitrogens with two attached hydrogens (primary N) is 1. The number of hydrogen-bond acceptors (Lipinski definition) is 4. The maximum Gasteiger partial charge on any atom is 0.251 e. The third-order valence-corrected chi connectivity index (χ3v) is 3.91. The van der Waals surface area contributed by atoms with Gasteiger partial charge >= 0.3 is 0 Å². The normalized spacial score (nSPS) is 13.8. The lowest BCUT2D eigenvalue weighted by Crippen LogP contribution is -2.48. The van der Waals surface area contributed by atoms with Crippen molar-refractivity contribution in [1.29, 1.82) is 0 Å². The highest BCUT2D eigenvalue weighted by molar-refractivity contribution is 8.00. The summed E-state index contributed by atoms with van der Waals surface area (Å²) in [6.07, 6.45) is 0. The highest BCUT2D eigenvalue weighted by Gasteiger charge is 2.21. The number of anilines is 1. The molecule has 7 heteroatoms. The number of thioether (sulfide) groups is 1. The first-order valence-electron chi connectivity index (χ1n) is 6.00. The molecule has 1 aliphatic rings. The lowest BCUT2D eigenvalue weighted by atomic mass is 10.0. The molecule has 0 aromatic heterocycles. The first-order chi connectivity index (χ1) is 8.91. The predicted molar refractivity (Wildman–Crippen MR) is 83.6 cm³/mol. The van der Waals surface area contributed by atoms with Crippen molar-refractivity contribution in [1.82, 2.24) is 5.32 Å². The fourth-order valence-corrected chi connectivity index (χ4v) is 2.44. The lowest BCUT2D eigenvalue weighted by Gasteiger charge is -2.24. The molecule has 2 amide bonds. The largest absolute Gasteiger partial charge is 0.346 e. The Morgan fingerprint density at radius 1 is 1.50 bits per heavy atom. The van der Waals surface area contributed by atoms with Crippen molar-refractivity contribution in [2.45, 2.75) is 24.3 Å². The van der Waals surface area contributed by atoms with Crippen LogP contribution in [0, 0.1) is 0 Å². The van der Waals surface area contributed by atoms with Crippen LogP contribution >= 0.6 is 24.2 Å². The topological polar surface area (TPSA) is 84.2 Å². The average molecular weight is 316 g/mol. The Labute approximate surface area is 128 Å². The monoisotopic (exact) mass is 315 g/mol. The smallest absolute Gasteiger partial charge is 0.251 e. The number of carbonyl (C=O) groups is 2. The molecule has 110 valence electrons. The van der Waals surface area contributed by atoms with E-state index in [0.29, 0.717) is 23.5 Å². The van der Waals surface area contributed by atoms with Crippen LogP contribution in [0.15, 0.2) is 23.1 Å². The van der Waals surface area contributed by atoms with E-state index in [-0.39, 0.29) is 24.2 Å². The van der Waals surface area contributed by atoms with Crippen molar-refractivity contribution in [3.8, 4) is 0 Å². The van der Waals surface area contributed by atoms with Crippen molar-refractivity contribution >= 4 is 41.7 Å². The van der Waals surface area contributed by atoms with E-state index in [9.17, 15) is 9.59 Å². The summed E-state index contributed by atoms with van der Waals surface area (Å²) in [7, 11) is 0. The quantitative estimate of drug-likeness (QED) is 0.791. The molecule has 0 radical (unpaired) electrons. The first kappa shape index (κ1) is 16.8. The van der Waals surface area contributed by atoms with Crippen LogP contribution in [-0.2, 0) is 4.79 Å². The number of nitrogens with one attached hydrogen (secondary N) is 2. The molecule has 0 aliphatic carbocycles. The molecule has 1 aromatic carbocycles. The number of fused-ring (bicyclic) bond motifs is 1. The number of halogens is 1. The van der Waals surface area contributed by atoms with Gasteiger partial charge in [-0.25, -0.2) is 0 Å². The molecule has 0 unspecified atom stereocenters. The summed E-state index contributed by atoms with van der Waals surface area (Å²) in [5.74, 6) is 0.180. The summed E-state index contributed by atoms with van der Waals surface area (Å²) in [6, 6.07) is 5.30. The molecule has 1 aliphatic heterocycles. The van der Waals surface area contributed by atoms with Gasteiger partial charge in [0.15, 0.2) is 0 Å². The van der Waals surface area contributed by atoms with Crippen molar-refractivity contribution in [3.05, 3.63) is 23.8 Å². The Bertz CT molecular complexity index is 534. The Hall–Kier alpha value is -1.24. The standard InChI is InChI=1S/C13H17N3O2S.ClH/c1-13(2,7-14)16-12(18)8-3-4-10-9(5-8)15-11(17)6-19-10;/h3-5H,6-7,14H2,1-2H3,(H,15,17)(H,16,18);1H. The van der Waals surface area contributed by atoms with Gasteiger partial charge in [0, 0.05) is 22.5 Å². The van der Waals surface area contributed by atoms with Crippen LogP contribution in [0.2, 0.25) is 0 Å². The SMILES string of the molecule is CC(C)(CN)NC(=O)c1ccc2c(c1)NC(=O)CS2.Cl. The molecular weight excluding hydrogens is 298 g/mol. The third-order valence-electron chi connectivity index (χ3n) is 2.84. The summed E-state index contributed by atoms with van der Waals surface area (Å²) in [6.45, 7) is 4.08. The van der Waals surface area contributed by atoms with Crippen molar-refractivity contribution in [2.75, 3.05) is 17.6 Å². The molecule has 1 aromatic rings. The Morgan fingerprint density at radius 3 is 2.85 bits per heavy atom. The number of benzene rings is 1. The fourth-order valence-electron chi connectivity index (χ4n) is 1.65. The van der Waals surface area contributed by atoms with Crippen LogP contribution in [0.4, 0.5) is 5.69 Å². The van der Waals surface area contributed by atoms with Gasteiger partial charge in [-0.1, -0.05) is 0 Å². The van der Waals surface area contributed by atoms with Gasteiger partial charge in [-0.05, 0) is 32.0 Å². The highest BCUT2D eigenvalue weighted by Crippen LogP contribution is 2.31. The molecule has 0 spiro atoms. The highest BCUT2D eigenvalue weighted by atomic mass is 35.5. The van der Waals surface area contributed by atoms with E-state index in [4.69, 9.17) is 5.73 Å². The van der Waals surface area contributed by atoms with Gasteiger partial charge < -0.3 is 16.4 Å². The average Bonchev–Trinajstić information content (AvgIpc) is 2.37. The van der Waals surface area contributed by atoms with E-state index in [1.54, 1.807) is 12.1 Å². The number of amides is 2. The zero-order chi connectivity index (χ0) is 14.0. The first-order valence-corrected chi connectivity index (χ1v) is 6.99. The Kier molecular flexibility index (Phi) is 5.44. The summed E-state index contributed by atoms with van der Waals surface area (Å²) in [5.41, 5.74) is 6.34. The number of carbonyl (C=O) groups excluding carboxylic acids is 2. The summed E-state index contributed by atoms with van der Waals surface area (Å²) < 4.78 is 0. The maximum atomic E-state index is 12.1. The van der Waals surface area contributed by atoms with Gasteiger partial charge in [0.25, 0.3) is 5.91 Å². The van der Waals surface area contributed by atoms with Crippen molar-refractivity contribution in [2.24, 2.45) is 5.73 Å². The van der Waals surface area contributed by atoms with Gasteiger partial charge in [-0.15, -0.1) is 24.2 Å². The van der Waals surface area contributed by atoms with Crippen molar-refractivity contribution < 1.29 is 9.59 Å². The molecule has 1 heterocycles. The van der Waals surface area contributed by atoms with Crippen LogP contribution in [0.3, 0.4) is 0 Å². The van der Waals surface area contributed by atoms with Gasteiger partial charge in [-0.3, -0.25) is 9.59 Å². The van der Waals surface area contributed by atoms with Crippen LogP contribution in [0.25, 0.3) is 0 Å². The van der Waals surface area contributed by atoms with Crippen molar-refractivity contribution in [3.63, 3.8) is 0 Å². The number of hydrogen-bond donors (Lipinski definition) is 3. The summed E-state index contributed by atoms with van der Waals surface area (Å²) >= 11 is 1.47. The molecule has 0 bridgehead atoms. The molecular formula is C13H18ClN3O2S. The molecule has 0 saturated carbocycles. The van der Waals surface area contributed by atoms with E-state index in [2.05, 4.69) is 10.6 Å². The van der Waals surface area contributed by atoms with Gasteiger partial charge in [-0.2, -0.15) is 0 Å². The predicted octanol–water partition coefficient (Wildman–Crippen LogP) is 1.62. The minimum Gasteiger partial charge on any atom is -0.346 e. The van der Waals surface area contributed by atoms with E-state index >= 15 is 0 Å². The zero-order valence-electron chi connectivity index (χ0n) is 11.4. The summed E-state index contributed by atoms with van der Waals surface area (Å²) in [4.78, 5) is 24.4. The van der Waals surface area contributed by atoms with E-state index in [1.165, 1.54) is 11.8 Å². The second-order valence-corrected chi connectivity index (χ2v) is 6.11. The van der Waals surface area contributed by atoms with E-state index in [1.807, 2.05) is 19.9 Å². The lowest BCUT2D eigenvalue weighted by molar-refractivity contribution is -0.113. The molecule has 0 atom stereocenters. The molecule has 0 saturated heterocycles. The second kappa shape index (κ2) is 6.47. The maximum absolute atomic E-state index is 12.1. The Balaban J connectivity index is 0.00000200. The second-order valence-electron chi connectivity index (χ2n) is 5.09. The zero-order valence-corrected chi connectivity index (χ0v) is 13.0. The van der Waals surface area contributed by atoms with Crippen LogP contribution in [0.1, 0.15) is 24.2 Å². The van der Waals surface area contributed by atoms with Crippen LogP contribution < -0.4 is 16.4 Å². The van der Waals surface area contributed by atoms with Gasteiger partial charge in [0.2, 0.25) is 5.91 Å². The number of rotatable bonds is 3. The molecule has 0 fully saturated rings. The van der Waals surface area contributed by atoms with Crippen LogP contribution in [0.5, 0.6) is 0 Å². The minimum absolute atomic E-state index is 0. The Morgan fingerprint density at radius 2 is 2.20 bits per heavy atom. The minimum atomic E-state index is -0.453. The molecule has 2 rings (SSSR count). The summed E-state index contributed by atoms with van der Waals surface area (Å²) in [5, 5.41) is 5.62. The molecule has 5 nitrogen and oxygen atoms in total. The van der Waals surface area contributed by atoms with E-state index in [0.717, 1.165) is 4.90 Å². The molecule has 4 N–H and O–H groups in total. The van der Waals surface area contributed by atoms with Gasteiger partial charge in [0.05, 0.1) is 11.4 Å². The van der Waals surface area contributed by atoms with Gasteiger partial charge in [0.1, 0.15) is 0 Å². The van der Waals surface area contributed by atoms with E-state index < -0.39 is 5.54 Å².